The highest BCUT2D eigenvalue weighted by atomic mass is 16.5. The van der Waals surface area contributed by atoms with E-state index in [1.165, 1.54) is 0 Å². The molecule has 0 saturated heterocycles. The van der Waals surface area contributed by atoms with Crippen LogP contribution in [-0.4, -0.2) is 25.0 Å². The fourth-order valence-electron chi connectivity index (χ4n) is 3.30. The number of nitrogens with one attached hydrogen (secondary N) is 2. The average molecular weight is 398 g/mol. The first-order valence-corrected chi connectivity index (χ1v) is 9.85. The van der Waals surface area contributed by atoms with Crippen molar-refractivity contribution in [2.75, 3.05) is 18.5 Å². The predicted octanol–water partition coefficient (Wildman–Crippen LogP) is 4.07. The Bertz CT molecular complexity index is 1090. The number of carbonyl (C=O) groups excluding carboxylic acids is 2. The molecule has 3 aromatic rings. The van der Waals surface area contributed by atoms with E-state index in [1.54, 1.807) is 24.3 Å². The van der Waals surface area contributed by atoms with E-state index in [-0.39, 0.29) is 18.4 Å². The maximum Gasteiger partial charge on any atom is 0.255 e. The van der Waals surface area contributed by atoms with Gasteiger partial charge in [-0.3, -0.25) is 9.59 Å². The fourth-order valence-corrected chi connectivity index (χ4v) is 3.30. The minimum absolute atomic E-state index is 0.189. The van der Waals surface area contributed by atoms with Crippen molar-refractivity contribution < 1.29 is 14.3 Å². The molecule has 0 atom stereocenters. The van der Waals surface area contributed by atoms with E-state index < -0.39 is 0 Å². The van der Waals surface area contributed by atoms with Gasteiger partial charge in [-0.05, 0) is 36.3 Å². The van der Waals surface area contributed by atoms with E-state index in [0.29, 0.717) is 23.4 Å². The molecule has 3 aromatic carbocycles. The molecular weight excluding hydrogens is 376 g/mol. The number of rotatable bonds is 6. The molecule has 1 aliphatic heterocycles. The van der Waals surface area contributed by atoms with Crippen molar-refractivity contribution in [2.24, 2.45) is 0 Å². The zero-order valence-electron chi connectivity index (χ0n) is 16.4. The topological polar surface area (TPSA) is 67.4 Å². The molecule has 4 rings (SSSR count). The second kappa shape index (κ2) is 9.09. The zero-order chi connectivity index (χ0) is 20.8. The molecule has 0 bridgehead atoms. The van der Waals surface area contributed by atoms with Crippen LogP contribution in [0, 0.1) is 0 Å². The Morgan fingerprint density at radius 2 is 1.57 bits per heavy atom. The summed E-state index contributed by atoms with van der Waals surface area (Å²) in [5.74, 6) is 0.252. The summed E-state index contributed by atoms with van der Waals surface area (Å²) in [6.45, 7) is 0.704. The Kier molecular flexibility index (Phi) is 5.90. The normalized spacial score (nSPS) is 12.2. The van der Waals surface area contributed by atoms with E-state index in [1.807, 2.05) is 60.7 Å². The number of anilines is 1. The Labute approximate surface area is 175 Å². The number of amides is 2. The minimum atomic E-state index is -0.283. The second-order valence-electron chi connectivity index (χ2n) is 6.99. The first kappa shape index (κ1) is 19.5. The molecule has 5 heteroatoms. The molecule has 5 nitrogen and oxygen atoms in total. The van der Waals surface area contributed by atoms with Gasteiger partial charge in [-0.1, -0.05) is 60.7 Å². The van der Waals surface area contributed by atoms with Gasteiger partial charge >= 0.3 is 0 Å². The molecule has 2 amide bonds. The first-order valence-electron chi connectivity index (χ1n) is 9.85. The lowest BCUT2D eigenvalue weighted by molar-refractivity contribution is -0.113. The van der Waals surface area contributed by atoms with Gasteiger partial charge in [0.15, 0.2) is 0 Å². The van der Waals surface area contributed by atoms with Crippen molar-refractivity contribution in [1.82, 2.24) is 5.32 Å². The monoisotopic (exact) mass is 398 g/mol. The number of ether oxygens (including phenoxy) is 1. The van der Waals surface area contributed by atoms with Crippen molar-refractivity contribution in [2.45, 2.75) is 6.42 Å². The van der Waals surface area contributed by atoms with Crippen LogP contribution in [0.15, 0.2) is 84.4 Å². The van der Waals surface area contributed by atoms with Gasteiger partial charge in [-0.25, -0.2) is 0 Å². The lowest BCUT2D eigenvalue weighted by Crippen LogP contribution is -2.28. The van der Waals surface area contributed by atoms with Gasteiger partial charge in [0.1, 0.15) is 12.4 Å². The summed E-state index contributed by atoms with van der Waals surface area (Å²) >= 11 is 0. The Balaban J connectivity index is 1.42. The van der Waals surface area contributed by atoms with Crippen molar-refractivity contribution in [3.8, 4) is 5.75 Å². The maximum atomic E-state index is 12.8. The molecule has 0 aromatic heterocycles. The quantitative estimate of drug-likeness (QED) is 0.658. The fraction of sp³-hybridized carbons (Fsp3) is 0.120. The smallest absolute Gasteiger partial charge is 0.255 e. The van der Waals surface area contributed by atoms with Crippen molar-refractivity contribution >= 4 is 23.6 Å². The van der Waals surface area contributed by atoms with Crippen LogP contribution in [0.25, 0.3) is 6.08 Å². The van der Waals surface area contributed by atoms with Gasteiger partial charge in [0, 0.05) is 12.1 Å². The Morgan fingerprint density at radius 3 is 2.43 bits per heavy atom. The number of fused-ring (bicyclic) bond motifs is 1. The molecule has 1 heterocycles. The van der Waals surface area contributed by atoms with E-state index in [2.05, 4.69) is 10.6 Å². The van der Waals surface area contributed by atoms with Crippen LogP contribution in [0.2, 0.25) is 0 Å². The molecule has 0 fully saturated rings. The van der Waals surface area contributed by atoms with Crippen LogP contribution in [0.5, 0.6) is 5.75 Å². The van der Waals surface area contributed by atoms with Gasteiger partial charge in [-0.15, -0.1) is 0 Å². The highest BCUT2D eigenvalue weighted by Crippen LogP contribution is 2.26. The van der Waals surface area contributed by atoms with Crippen LogP contribution >= 0.6 is 0 Å². The number of benzene rings is 3. The molecule has 0 saturated carbocycles. The van der Waals surface area contributed by atoms with E-state index in [0.717, 1.165) is 23.3 Å². The number of para-hydroxylation sites is 2. The lowest BCUT2D eigenvalue weighted by atomic mass is 10.1. The largest absolute Gasteiger partial charge is 0.488 e. The van der Waals surface area contributed by atoms with Gasteiger partial charge in [0.25, 0.3) is 11.8 Å². The van der Waals surface area contributed by atoms with Crippen LogP contribution in [0.4, 0.5) is 5.69 Å². The Morgan fingerprint density at radius 1 is 0.833 bits per heavy atom. The summed E-state index contributed by atoms with van der Waals surface area (Å²) in [5.41, 5.74) is 3.42. The van der Waals surface area contributed by atoms with Crippen LogP contribution in [0.3, 0.4) is 0 Å². The van der Waals surface area contributed by atoms with Crippen molar-refractivity contribution in [3.63, 3.8) is 0 Å². The third-order valence-corrected chi connectivity index (χ3v) is 4.89. The summed E-state index contributed by atoms with van der Waals surface area (Å²) in [6, 6.07) is 24.5. The standard InChI is InChI=1S/C25H22N2O3/c28-24(20-16-19-10-4-7-13-23(19)30-17-20)27-22-12-6-5-11-21(22)25(29)26-15-14-18-8-2-1-3-9-18/h1-13,16H,14-15,17H2,(H,26,29)(H,27,28). The van der Waals surface area contributed by atoms with Crippen LogP contribution in [-0.2, 0) is 11.2 Å². The van der Waals surface area contributed by atoms with Crippen LogP contribution < -0.4 is 15.4 Å². The summed E-state index contributed by atoms with van der Waals surface area (Å²) in [5, 5.41) is 5.78. The third kappa shape index (κ3) is 4.58. The van der Waals surface area contributed by atoms with Crippen LogP contribution in [0.1, 0.15) is 21.5 Å². The second-order valence-corrected chi connectivity index (χ2v) is 6.99. The highest BCUT2D eigenvalue weighted by molar-refractivity contribution is 6.11. The van der Waals surface area contributed by atoms with Crippen molar-refractivity contribution in [1.29, 1.82) is 0 Å². The maximum absolute atomic E-state index is 12.8. The third-order valence-electron chi connectivity index (χ3n) is 4.89. The molecule has 0 radical (unpaired) electrons. The molecule has 1 aliphatic rings. The Hall–Kier alpha value is -3.86. The summed E-state index contributed by atoms with van der Waals surface area (Å²) < 4.78 is 5.66. The molecule has 30 heavy (non-hydrogen) atoms. The van der Waals surface area contributed by atoms with E-state index in [9.17, 15) is 9.59 Å². The van der Waals surface area contributed by atoms with E-state index in [4.69, 9.17) is 4.74 Å². The van der Waals surface area contributed by atoms with Crippen molar-refractivity contribution in [3.05, 3.63) is 101 Å². The SMILES string of the molecule is O=C(Nc1ccccc1C(=O)NCCc1ccccc1)C1=Cc2ccccc2OC1. The first-order chi connectivity index (χ1) is 14.7. The molecule has 0 spiro atoms. The number of carbonyl (C=O) groups is 2. The molecule has 2 N–H and O–H groups in total. The molecular formula is C25H22N2O3. The minimum Gasteiger partial charge on any atom is -0.488 e. The summed E-state index contributed by atoms with van der Waals surface area (Å²) in [6.07, 6.45) is 2.56. The van der Waals surface area contributed by atoms with E-state index >= 15 is 0 Å². The van der Waals surface area contributed by atoms with Gasteiger partial charge < -0.3 is 15.4 Å². The highest BCUT2D eigenvalue weighted by Gasteiger charge is 2.19. The summed E-state index contributed by atoms with van der Waals surface area (Å²) in [4.78, 5) is 25.4. The summed E-state index contributed by atoms with van der Waals surface area (Å²) in [7, 11) is 0. The van der Waals surface area contributed by atoms with Gasteiger partial charge in [0.05, 0.1) is 16.8 Å². The van der Waals surface area contributed by atoms with Gasteiger partial charge in [-0.2, -0.15) is 0 Å². The number of hydrogen-bond acceptors (Lipinski definition) is 3. The van der Waals surface area contributed by atoms with Gasteiger partial charge in [0.2, 0.25) is 0 Å². The molecule has 0 aliphatic carbocycles. The lowest BCUT2D eigenvalue weighted by Gasteiger charge is -2.18. The molecule has 0 unspecified atom stereocenters. The predicted molar refractivity (Wildman–Crippen MR) is 117 cm³/mol. The average Bonchev–Trinajstić information content (AvgIpc) is 2.79. The number of hydrogen-bond donors (Lipinski definition) is 2. The zero-order valence-corrected chi connectivity index (χ0v) is 16.4. The molecule has 150 valence electrons.